The van der Waals surface area contributed by atoms with Crippen LogP contribution in [-0.4, -0.2) is 98.3 Å². The van der Waals surface area contributed by atoms with Gasteiger partial charge in [0, 0.05) is 42.0 Å². The van der Waals surface area contributed by atoms with Gasteiger partial charge in [-0.2, -0.15) is 0 Å². The maximum Gasteiger partial charge on any atom is 1.00 e. The number of carboxylic acids is 1. The Labute approximate surface area is 468 Å². The number of aliphatic carboxylic acids is 1. The maximum atomic E-state index is 14.4. The molecule has 2 spiro atoms. The van der Waals surface area contributed by atoms with Crippen LogP contribution >= 0.6 is 7.60 Å². The first kappa shape index (κ1) is 66.2. The molecule has 18 atom stereocenters. The van der Waals surface area contributed by atoms with Crippen molar-refractivity contribution in [1.29, 1.82) is 0 Å². The van der Waals surface area contributed by atoms with Crippen molar-refractivity contribution in [2.24, 2.45) is 41.4 Å². The summed E-state index contributed by atoms with van der Waals surface area (Å²) >= 11 is 0. The van der Waals surface area contributed by atoms with Crippen molar-refractivity contribution in [3.8, 4) is 0 Å². The van der Waals surface area contributed by atoms with Gasteiger partial charge in [-0.25, -0.2) is 0 Å². The minimum absolute atomic E-state index is 0. The second kappa shape index (κ2) is 26.8. The van der Waals surface area contributed by atoms with Gasteiger partial charge in [0.05, 0.1) is 53.5 Å². The van der Waals surface area contributed by atoms with Crippen LogP contribution in [-0.2, 0) is 37.8 Å². The average molecular weight is 965 g/mol. The van der Waals surface area contributed by atoms with E-state index in [0.29, 0.717) is 57.8 Å². The van der Waals surface area contributed by atoms with Crippen molar-refractivity contribution in [3.63, 3.8) is 0 Å². The summed E-state index contributed by atoms with van der Waals surface area (Å²) in [7, 11) is -5.43. The third-order valence-electron chi connectivity index (χ3n) is 14.7. The van der Waals surface area contributed by atoms with Gasteiger partial charge in [-0.15, -0.1) is 0 Å². The van der Waals surface area contributed by atoms with E-state index < -0.39 is 96.2 Å². The fourth-order valence-corrected chi connectivity index (χ4v) is 10.5. The van der Waals surface area contributed by atoms with E-state index in [2.05, 4.69) is 20.8 Å². The van der Waals surface area contributed by atoms with E-state index in [0.717, 1.165) is 6.42 Å². The first-order valence-electron chi connectivity index (χ1n) is 21.9. The van der Waals surface area contributed by atoms with Gasteiger partial charge < -0.3 is 73.2 Å². The van der Waals surface area contributed by atoms with Crippen molar-refractivity contribution in [3.05, 3.63) is 12.2 Å². The van der Waals surface area contributed by atoms with Crippen LogP contribution < -0.4 is 138 Å². The molecule has 0 amide bonds. The molecule has 5 aliphatic rings. The molecule has 0 radical (unpaired) electrons. The summed E-state index contributed by atoms with van der Waals surface area (Å²) in [5.41, 5.74) is -4.20. The molecule has 64 heavy (non-hydrogen) atoms. The van der Waals surface area contributed by atoms with Crippen LogP contribution in [0.4, 0.5) is 4.79 Å². The Morgan fingerprint density at radius 3 is 1.92 bits per heavy atom. The number of aliphatic hydroxyl groups excluding tert-OH is 2. The largest absolute Gasteiger partial charge is 1.00 e. The van der Waals surface area contributed by atoms with Crippen molar-refractivity contribution in [2.75, 3.05) is 0 Å². The smallest absolute Gasteiger partial charge is 0.807 e. The Morgan fingerprint density at radius 1 is 0.844 bits per heavy atom. The molecule has 16 nitrogen and oxygen atoms in total. The Hall–Kier alpha value is 2.18. The van der Waals surface area contributed by atoms with Gasteiger partial charge in [0.1, 0.15) is 11.9 Å². The number of ether oxygens (including phenoxy) is 5. The molecule has 3 N–H and O–H groups in total. The zero-order valence-corrected chi connectivity index (χ0v) is 49.8. The Morgan fingerprint density at radius 2 is 1.42 bits per heavy atom. The topological polar surface area (TPSA) is 267 Å². The van der Waals surface area contributed by atoms with Crippen LogP contribution in [0.1, 0.15) is 133 Å². The maximum absolute atomic E-state index is 14.4. The molecule has 18 unspecified atom stereocenters. The van der Waals surface area contributed by atoms with Crippen LogP contribution in [0.15, 0.2) is 12.2 Å². The molecule has 5 rings (SSSR count). The SMILES string of the molecule is CCC(C(=O)[O-])C1CCC(C)C(C(C)C(O)C(C)C(=O)C(CC)C2OC3(C=CC(O)C4(CCC(C)(C5CCC(O)(CC)C(C)O5)O4)O3)C(C)CC2C)O1.O=C([O-])P(=O)([O-])[O-].[Na+].[Na+].[Na+].[Na+]. The molecule has 0 aromatic carbocycles. The van der Waals surface area contributed by atoms with Crippen molar-refractivity contribution in [2.45, 2.75) is 199 Å². The second-order valence-corrected chi connectivity index (χ2v) is 20.0. The number of carbonyl (C=O) groups is 3. The van der Waals surface area contributed by atoms with Gasteiger partial charge >= 0.3 is 118 Å². The van der Waals surface area contributed by atoms with Gasteiger partial charge in [0.25, 0.3) is 0 Å². The quantitative estimate of drug-likeness (QED) is 0.0879. The van der Waals surface area contributed by atoms with Crippen molar-refractivity contribution in [1.82, 2.24) is 0 Å². The first-order chi connectivity index (χ1) is 27.7. The predicted octanol–water partition coefficient (Wildman–Crippen LogP) is -9.89. The van der Waals surface area contributed by atoms with E-state index in [1.54, 1.807) is 19.1 Å². The first-order valence-corrected chi connectivity index (χ1v) is 23.4. The summed E-state index contributed by atoms with van der Waals surface area (Å²) in [6.45, 7) is 19.5. The standard InChI is InChI=1S/C42H70O11.CH3O5P.4Na/c1-11-29(38(46)47)31-15-14-23(4)36(50-31)27(8)34(44)26(7)35(45)30(12-2)37-24(5)22-25(6)41(51-37)19-16-32(43)42(53-41)21-20-39(10,52-42)33-17-18-40(48,13-3)28(9)49-33;2-1(3)7(4,5)6;;;;/h16,19,23-34,36-37,43-44,48H,11-15,17-18,20-22H2,1-10H3,(H,46,47);(H,2,3)(H2,4,5,6);;;;/q;;4*+1/p-4. The van der Waals surface area contributed by atoms with E-state index in [1.165, 1.54) is 0 Å². The van der Waals surface area contributed by atoms with Crippen molar-refractivity contribution < 1.29 is 196 Å². The fourth-order valence-electron chi connectivity index (χ4n) is 10.5. The number of hydrogen-bond donors (Lipinski definition) is 3. The molecule has 0 aromatic rings. The van der Waals surface area contributed by atoms with Gasteiger partial charge in [0.2, 0.25) is 5.79 Å². The molecule has 346 valence electrons. The summed E-state index contributed by atoms with van der Waals surface area (Å²) in [5, 5.41) is 55.0. The Balaban J connectivity index is 0.00000333. The van der Waals surface area contributed by atoms with Gasteiger partial charge in [0.15, 0.2) is 5.79 Å². The minimum atomic E-state index is -5.43. The third kappa shape index (κ3) is 14.7. The number of hydrogen-bond acceptors (Lipinski definition) is 16. The zero-order valence-electron chi connectivity index (χ0n) is 40.9. The summed E-state index contributed by atoms with van der Waals surface area (Å²) in [4.78, 5) is 53.5. The van der Waals surface area contributed by atoms with Gasteiger partial charge in [-0.05, 0) is 103 Å². The molecule has 5 aliphatic heterocycles. The number of aliphatic hydroxyl groups is 3. The molecule has 0 saturated carbocycles. The van der Waals surface area contributed by atoms with Crippen LogP contribution in [0.25, 0.3) is 0 Å². The number of carbonyl (C=O) groups excluding carboxylic acids is 3. The molecule has 4 fully saturated rings. The van der Waals surface area contributed by atoms with E-state index in [-0.39, 0.29) is 154 Å². The predicted molar refractivity (Wildman–Crippen MR) is 209 cm³/mol. The van der Waals surface area contributed by atoms with Crippen LogP contribution in [0.2, 0.25) is 0 Å². The Bertz CT molecular complexity index is 1610. The molecule has 5 heterocycles. The normalized spacial score (nSPS) is 39.5. The third-order valence-corrected chi connectivity index (χ3v) is 15.1. The van der Waals surface area contributed by atoms with Crippen LogP contribution in [0.5, 0.6) is 0 Å². The molecule has 0 aliphatic carbocycles. The second-order valence-electron chi connectivity index (χ2n) is 18.7. The summed E-state index contributed by atoms with van der Waals surface area (Å²) in [6.07, 6.45) is 5.22. The van der Waals surface area contributed by atoms with Gasteiger partial charge in [-0.1, -0.05) is 55.4 Å². The van der Waals surface area contributed by atoms with Gasteiger partial charge in [-0.3, -0.25) is 4.79 Å². The van der Waals surface area contributed by atoms with Crippen molar-refractivity contribution >= 4 is 25.1 Å². The number of Topliss-reactive ketones (excluding diaryl/α,β-unsaturated/α-hetero) is 1. The summed E-state index contributed by atoms with van der Waals surface area (Å²) in [6, 6.07) is 0. The van der Waals surface area contributed by atoms with E-state index in [4.69, 9.17) is 47.9 Å². The minimum Gasteiger partial charge on any atom is -0.807 e. The average Bonchev–Trinajstić information content (AvgIpc) is 3.53. The van der Waals surface area contributed by atoms with Crippen LogP contribution in [0, 0.1) is 41.4 Å². The molecule has 0 bridgehead atoms. The molecule has 0 aromatic heterocycles. The molecular formula is C43H69Na4O16P. The number of ketones is 1. The van der Waals surface area contributed by atoms with E-state index in [1.807, 2.05) is 41.5 Å². The zero-order chi connectivity index (χ0) is 45.3. The number of rotatable bonds is 13. The summed E-state index contributed by atoms with van der Waals surface area (Å²) in [5.74, 6) is -6.24. The monoisotopic (exact) mass is 964 g/mol. The van der Waals surface area contributed by atoms with E-state index in [9.17, 15) is 30.0 Å². The molecule has 21 heteroatoms. The summed E-state index contributed by atoms with van der Waals surface area (Å²) < 4.78 is 42.6. The molecular weight excluding hydrogens is 895 g/mol. The van der Waals surface area contributed by atoms with E-state index >= 15 is 0 Å². The Kier molecular flexibility index (Phi) is 27.7. The molecule has 4 saturated heterocycles. The fraction of sp³-hybridized carbons (Fsp3) is 0.884. The van der Waals surface area contributed by atoms with Crippen LogP contribution in [0.3, 0.4) is 0 Å². The number of carboxylic acid groups (broad SMARTS) is 2.